The Kier molecular flexibility index (Phi) is 4.28. The van der Waals surface area contributed by atoms with E-state index in [0.29, 0.717) is 0 Å². The van der Waals surface area contributed by atoms with E-state index in [1.54, 1.807) is 6.26 Å². The van der Waals surface area contributed by atoms with Crippen LogP contribution in [-0.2, 0) is 6.42 Å². The molecule has 0 bridgehead atoms. The molecule has 100 valence electrons. The van der Waals surface area contributed by atoms with Crippen LogP contribution in [0.5, 0.6) is 0 Å². The molecule has 2 aromatic rings. The Labute approximate surface area is 110 Å². The minimum atomic E-state index is -0.657. The van der Waals surface area contributed by atoms with Crippen molar-refractivity contribution in [2.24, 2.45) is 0 Å². The number of furan rings is 1. The van der Waals surface area contributed by atoms with Crippen LogP contribution in [-0.4, -0.2) is 16.9 Å². The molecule has 0 fully saturated rings. The van der Waals surface area contributed by atoms with Crippen molar-refractivity contribution in [3.63, 3.8) is 0 Å². The second-order valence-electron chi connectivity index (χ2n) is 4.36. The molecule has 2 heterocycles. The topological polar surface area (TPSA) is 55.1 Å². The molecule has 1 atom stereocenters. The molecule has 0 spiro atoms. The smallest absolute Gasteiger partial charge is 0.251 e. The van der Waals surface area contributed by atoms with Gasteiger partial charge in [0.05, 0.1) is 6.26 Å². The van der Waals surface area contributed by atoms with Crippen molar-refractivity contribution in [2.45, 2.75) is 25.8 Å². The molecule has 0 aliphatic carbocycles. The van der Waals surface area contributed by atoms with Crippen LogP contribution in [0.15, 0.2) is 41.1 Å². The van der Waals surface area contributed by atoms with E-state index in [2.05, 4.69) is 10.3 Å². The lowest BCUT2D eigenvalue weighted by atomic mass is 10.1. The average molecular weight is 262 g/mol. The van der Waals surface area contributed by atoms with Gasteiger partial charge in [-0.05, 0) is 31.5 Å². The molecule has 1 N–H and O–H groups in total. The lowest BCUT2D eigenvalue weighted by Gasteiger charge is -2.13. The Morgan fingerprint density at radius 1 is 1.53 bits per heavy atom. The lowest BCUT2D eigenvalue weighted by Crippen LogP contribution is -2.32. The van der Waals surface area contributed by atoms with E-state index in [9.17, 15) is 9.18 Å². The highest BCUT2D eigenvalue weighted by molar-refractivity contribution is 5.94. The summed E-state index contributed by atoms with van der Waals surface area (Å²) in [6.45, 7) is 1.90. The fourth-order valence-electron chi connectivity index (χ4n) is 1.74. The van der Waals surface area contributed by atoms with Crippen LogP contribution in [0.3, 0.4) is 0 Å². The Morgan fingerprint density at radius 3 is 3.05 bits per heavy atom. The number of hydrogen-bond donors (Lipinski definition) is 1. The molecule has 0 aliphatic heterocycles. The third-order valence-corrected chi connectivity index (χ3v) is 2.77. The van der Waals surface area contributed by atoms with Crippen molar-refractivity contribution in [3.8, 4) is 0 Å². The summed E-state index contributed by atoms with van der Waals surface area (Å²) in [5, 5.41) is 2.81. The molecule has 1 unspecified atom stereocenters. The third-order valence-electron chi connectivity index (χ3n) is 2.77. The van der Waals surface area contributed by atoms with Gasteiger partial charge in [-0.1, -0.05) is 0 Å². The monoisotopic (exact) mass is 262 g/mol. The van der Waals surface area contributed by atoms with Gasteiger partial charge in [0, 0.05) is 30.3 Å². The first-order chi connectivity index (χ1) is 9.15. The predicted molar refractivity (Wildman–Crippen MR) is 68.2 cm³/mol. The number of aryl methyl sites for hydroxylation is 1. The maximum Gasteiger partial charge on any atom is 0.251 e. The Morgan fingerprint density at radius 2 is 2.37 bits per heavy atom. The number of carbonyl (C=O) groups is 1. The van der Waals surface area contributed by atoms with Crippen LogP contribution < -0.4 is 5.32 Å². The predicted octanol–water partition coefficient (Wildman–Crippen LogP) is 2.56. The SMILES string of the molecule is CC(CCc1ccco1)NC(=O)c1ccnc(F)c1. The molecule has 19 heavy (non-hydrogen) atoms. The number of rotatable bonds is 5. The molecular formula is C14H15FN2O2. The van der Waals surface area contributed by atoms with E-state index in [-0.39, 0.29) is 17.5 Å². The maximum atomic E-state index is 12.9. The molecule has 5 heteroatoms. The molecule has 4 nitrogen and oxygen atoms in total. The molecular weight excluding hydrogens is 247 g/mol. The van der Waals surface area contributed by atoms with Crippen LogP contribution in [0.4, 0.5) is 4.39 Å². The number of pyridine rings is 1. The zero-order valence-corrected chi connectivity index (χ0v) is 10.6. The van der Waals surface area contributed by atoms with Gasteiger partial charge >= 0.3 is 0 Å². The highest BCUT2D eigenvalue weighted by Crippen LogP contribution is 2.07. The van der Waals surface area contributed by atoms with E-state index >= 15 is 0 Å². The third kappa shape index (κ3) is 3.91. The summed E-state index contributed by atoms with van der Waals surface area (Å²) in [5.74, 6) is -0.0693. The van der Waals surface area contributed by atoms with E-state index in [4.69, 9.17) is 4.42 Å². The quantitative estimate of drug-likeness (QED) is 0.842. The normalized spacial score (nSPS) is 12.1. The van der Waals surface area contributed by atoms with Gasteiger partial charge in [-0.25, -0.2) is 4.98 Å². The summed E-state index contributed by atoms with van der Waals surface area (Å²) in [5.41, 5.74) is 0.275. The van der Waals surface area contributed by atoms with Crippen molar-refractivity contribution in [3.05, 3.63) is 54.0 Å². The zero-order valence-electron chi connectivity index (χ0n) is 10.6. The van der Waals surface area contributed by atoms with Crippen molar-refractivity contribution in [2.75, 3.05) is 0 Å². The number of aromatic nitrogens is 1. The van der Waals surface area contributed by atoms with E-state index in [1.807, 2.05) is 19.1 Å². The van der Waals surface area contributed by atoms with Gasteiger partial charge in [0.15, 0.2) is 0 Å². The minimum absolute atomic E-state index is 0.0196. The van der Waals surface area contributed by atoms with Crippen molar-refractivity contribution < 1.29 is 13.6 Å². The summed E-state index contributed by atoms with van der Waals surface area (Å²) in [6, 6.07) is 6.31. The second-order valence-corrected chi connectivity index (χ2v) is 4.36. The van der Waals surface area contributed by atoms with Gasteiger partial charge in [-0.3, -0.25) is 4.79 Å². The number of carbonyl (C=O) groups excluding carboxylic acids is 1. The molecule has 0 aliphatic rings. The number of amides is 1. The number of nitrogens with zero attached hydrogens (tertiary/aromatic N) is 1. The second kappa shape index (κ2) is 6.13. The van der Waals surface area contributed by atoms with E-state index in [1.165, 1.54) is 12.3 Å². The summed E-state index contributed by atoms with van der Waals surface area (Å²) in [4.78, 5) is 15.3. The van der Waals surface area contributed by atoms with Crippen LogP contribution in [0.25, 0.3) is 0 Å². The number of halogens is 1. The molecule has 2 rings (SSSR count). The first-order valence-corrected chi connectivity index (χ1v) is 6.10. The van der Waals surface area contributed by atoms with Crippen LogP contribution in [0, 0.1) is 5.95 Å². The zero-order chi connectivity index (χ0) is 13.7. The Hall–Kier alpha value is -2.17. The van der Waals surface area contributed by atoms with Gasteiger partial charge in [-0.15, -0.1) is 0 Å². The first-order valence-electron chi connectivity index (χ1n) is 6.10. The van der Waals surface area contributed by atoms with Crippen molar-refractivity contribution >= 4 is 5.91 Å². The van der Waals surface area contributed by atoms with Gasteiger partial charge in [0.2, 0.25) is 5.95 Å². The van der Waals surface area contributed by atoms with E-state index < -0.39 is 5.95 Å². The summed E-state index contributed by atoms with van der Waals surface area (Å²) < 4.78 is 18.1. The maximum absolute atomic E-state index is 12.9. The fraction of sp³-hybridized carbons (Fsp3) is 0.286. The molecule has 1 amide bonds. The summed E-state index contributed by atoms with van der Waals surface area (Å²) in [7, 11) is 0. The molecule has 0 saturated carbocycles. The molecule has 2 aromatic heterocycles. The van der Waals surface area contributed by atoms with Gasteiger partial charge < -0.3 is 9.73 Å². The molecule has 0 aromatic carbocycles. The van der Waals surface area contributed by atoms with Gasteiger partial charge in [0.25, 0.3) is 5.91 Å². The highest BCUT2D eigenvalue weighted by atomic mass is 19.1. The van der Waals surface area contributed by atoms with Gasteiger partial charge in [0.1, 0.15) is 5.76 Å². The average Bonchev–Trinajstić information content (AvgIpc) is 2.89. The lowest BCUT2D eigenvalue weighted by molar-refractivity contribution is 0.0937. The fourth-order valence-corrected chi connectivity index (χ4v) is 1.74. The van der Waals surface area contributed by atoms with Crippen molar-refractivity contribution in [1.29, 1.82) is 0 Å². The van der Waals surface area contributed by atoms with Crippen LogP contribution in [0.2, 0.25) is 0 Å². The number of nitrogens with one attached hydrogen (secondary N) is 1. The Balaban J connectivity index is 1.84. The first kappa shape index (κ1) is 13.3. The van der Waals surface area contributed by atoms with Crippen LogP contribution in [0.1, 0.15) is 29.5 Å². The number of hydrogen-bond acceptors (Lipinski definition) is 3. The Bertz CT molecular complexity index is 540. The minimum Gasteiger partial charge on any atom is -0.469 e. The summed E-state index contributed by atoms with van der Waals surface area (Å²) in [6.07, 6.45) is 4.40. The molecule has 0 saturated heterocycles. The molecule has 0 radical (unpaired) electrons. The van der Waals surface area contributed by atoms with Gasteiger partial charge in [-0.2, -0.15) is 4.39 Å². The van der Waals surface area contributed by atoms with Crippen LogP contribution >= 0.6 is 0 Å². The summed E-state index contributed by atoms with van der Waals surface area (Å²) >= 11 is 0. The van der Waals surface area contributed by atoms with Crippen molar-refractivity contribution in [1.82, 2.24) is 10.3 Å². The largest absolute Gasteiger partial charge is 0.469 e. The van der Waals surface area contributed by atoms with E-state index in [0.717, 1.165) is 24.7 Å². The standard InChI is InChI=1S/C14H15FN2O2/c1-10(4-5-12-3-2-8-19-12)17-14(18)11-6-7-16-13(15)9-11/h2-3,6-10H,4-5H2,1H3,(H,17,18). The highest BCUT2D eigenvalue weighted by Gasteiger charge is 2.11.